The molecule has 1 aliphatic rings. The summed E-state index contributed by atoms with van der Waals surface area (Å²) in [5.41, 5.74) is -0.943. The maximum Gasteiger partial charge on any atom is 0.317 e. The number of amides is 2. The smallest absolute Gasteiger partial charge is 0.317 e. The summed E-state index contributed by atoms with van der Waals surface area (Å²) < 4.78 is 5.06. The van der Waals surface area contributed by atoms with Gasteiger partial charge in [-0.1, -0.05) is 0 Å². The number of aliphatic carboxylic acids is 1. The summed E-state index contributed by atoms with van der Waals surface area (Å²) in [5.74, 6) is -0.533. The molecule has 1 fully saturated rings. The third kappa shape index (κ3) is 3.87. The molecule has 0 aromatic heterocycles. The van der Waals surface area contributed by atoms with Crippen LogP contribution in [0.15, 0.2) is 0 Å². The number of likely N-dealkylation sites (tertiary alicyclic amines) is 1. The van der Waals surface area contributed by atoms with Crippen LogP contribution in [0, 0.1) is 11.3 Å². The molecule has 0 radical (unpaired) electrons. The lowest BCUT2D eigenvalue weighted by Crippen LogP contribution is -2.44. The van der Waals surface area contributed by atoms with Gasteiger partial charge >= 0.3 is 12.0 Å². The van der Waals surface area contributed by atoms with Crippen LogP contribution in [0.2, 0.25) is 0 Å². The zero-order valence-corrected chi connectivity index (χ0v) is 11.2. The van der Waals surface area contributed by atoms with Crippen LogP contribution >= 0.6 is 0 Å². The van der Waals surface area contributed by atoms with E-state index in [1.165, 1.54) is 0 Å². The molecule has 0 aromatic rings. The Kier molecular flexibility index (Phi) is 4.95. The van der Waals surface area contributed by atoms with Gasteiger partial charge in [-0.25, -0.2) is 4.79 Å². The van der Waals surface area contributed by atoms with E-state index < -0.39 is 11.4 Å². The van der Waals surface area contributed by atoms with E-state index in [1.54, 1.807) is 25.9 Å². The van der Waals surface area contributed by atoms with Crippen molar-refractivity contribution in [2.75, 3.05) is 33.4 Å². The van der Waals surface area contributed by atoms with E-state index in [0.717, 1.165) is 6.42 Å². The second-order valence-electron chi connectivity index (χ2n) is 5.40. The number of carboxylic acid groups (broad SMARTS) is 1. The van der Waals surface area contributed by atoms with Gasteiger partial charge in [0.25, 0.3) is 0 Å². The van der Waals surface area contributed by atoms with Gasteiger partial charge in [0.05, 0.1) is 12.0 Å². The van der Waals surface area contributed by atoms with Gasteiger partial charge in [0.1, 0.15) is 0 Å². The van der Waals surface area contributed by atoms with Crippen molar-refractivity contribution < 1.29 is 19.4 Å². The quantitative estimate of drug-likeness (QED) is 0.763. The van der Waals surface area contributed by atoms with Crippen LogP contribution in [0.3, 0.4) is 0 Å². The van der Waals surface area contributed by atoms with E-state index in [0.29, 0.717) is 25.6 Å². The Labute approximate surface area is 107 Å². The van der Waals surface area contributed by atoms with Crippen LogP contribution in [0.25, 0.3) is 0 Å². The molecular formula is C12H22N2O4. The molecule has 18 heavy (non-hydrogen) atoms. The molecule has 6 heteroatoms. The second-order valence-corrected chi connectivity index (χ2v) is 5.40. The Balaban J connectivity index is 2.36. The third-order valence-corrected chi connectivity index (χ3v) is 3.24. The molecule has 1 rings (SSSR count). The highest BCUT2D eigenvalue weighted by Gasteiger charge is 2.30. The Morgan fingerprint density at radius 1 is 1.50 bits per heavy atom. The van der Waals surface area contributed by atoms with E-state index >= 15 is 0 Å². The zero-order valence-electron chi connectivity index (χ0n) is 11.2. The molecule has 104 valence electrons. The molecule has 2 N–H and O–H groups in total. The first-order valence-electron chi connectivity index (χ1n) is 6.12. The van der Waals surface area contributed by atoms with Crippen molar-refractivity contribution in [3.05, 3.63) is 0 Å². The Bertz CT molecular complexity index is 317. The standard InChI is InChI=1S/C12H22N2O4/c1-12(2,10(15)16)8-13-11(17)14-5-4-9(6-14)7-18-3/h9H,4-8H2,1-3H3,(H,13,17)(H,15,16). The van der Waals surface area contributed by atoms with Crippen molar-refractivity contribution in [3.63, 3.8) is 0 Å². The number of nitrogens with one attached hydrogen (secondary N) is 1. The van der Waals surface area contributed by atoms with Crippen molar-refractivity contribution in [1.29, 1.82) is 0 Å². The summed E-state index contributed by atoms with van der Waals surface area (Å²) in [7, 11) is 1.65. The average molecular weight is 258 g/mol. The van der Waals surface area contributed by atoms with Gasteiger partial charge in [0.15, 0.2) is 0 Å². The number of carboxylic acids is 1. The number of hydrogen-bond acceptors (Lipinski definition) is 3. The van der Waals surface area contributed by atoms with Gasteiger partial charge in [0, 0.05) is 32.7 Å². The lowest BCUT2D eigenvalue weighted by atomic mass is 9.94. The number of rotatable bonds is 5. The summed E-state index contributed by atoms with van der Waals surface area (Å²) >= 11 is 0. The minimum absolute atomic E-state index is 0.132. The highest BCUT2D eigenvalue weighted by molar-refractivity contribution is 5.77. The van der Waals surface area contributed by atoms with Gasteiger partial charge in [-0.15, -0.1) is 0 Å². The van der Waals surface area contributed by atoms with Crippen molar-refractivity contribution in [3.8, 4) is 0 Å². The maximum atomic E-state index is 11.8. The molecule has 1 aliphatic heterocycles. The Hall–Kier alpha value is -1.30. The van der Waals surface area contributed by atoms with Crippen molar-refractivity contribution in [1.82, 2.24) is 10.2 Å². The van der Waals surface area contributed by atoms with Gasteiger partial charge in [0.2, 0.25) is 0 Å². The topological polar surface area (TPSA) is 78.9 Å². The fourth-order valence-electron chi connectivity index (χ4n) is 1.87. The van der Waals surface area contributed by atoms with Crippen LogP contribution in [0.4, 0.5) is 4.79 Å². The summed E-state index contributed by atoms with van der Waals surface area (Å²) in [6.07, 6.45) is 0.934. The molecule has 0 spiro atoms. The molecule has 0 bridgehead atoms. The summed E-state index contributed by atoms with van der Waals surface area (Å²) in [6.45, 7) is 5.35. The van der Waals surface area contributed by atoms with Crippen molar-refractivity contribution >= 4 is 12.0 Å². The predicted octanol–water partition coefficient (Wildman–Crippen LogP) is 0.775. The monoisotopic (exact) mass is 258 g/mol. The molecule has 6 nitrogen and oxygen atoms in total. The Morgan fingerprint density at radius 2 is 2.17 bits per heavy atom. The van der Waals surface area contributed by atoms with E-state index in [1.807, 2.05) is 0 Å². The summed E-state index contributed by atoms with van der Waals surface area (Å²) in [4.78, 5) is 24.5. The van der Waals surface area contributed by atoms with Crippen LogP contribution in [0.5, 0.6) is 0 Å². The van der Waals surface area contributed by atoms with Crippen LogP contribution < -0.4 is 5.32 Å². The minimum Gasteiger partial charge on any atom is -0.481 e. The van der Waals surface area contributed by atoms with Gasteiger partial charge in [-0.05, 0) is 20.3 Å². The molecule has 0 saturated carbocycles. The zero-order chi connectivity index (χ0) is 13.8. The van der Waals surface area contributed by atoms with E-state index in [-0.39, 0.29) is 12.6 Å². The van der Waals surface area contributed by atoms with Gasteiger partial charge < -0.3 is 20.1 Å². The molecule has 0 aliphatic carbocycles. The second kappa shape index (κ2) is 6.04. The van der Waals surface area contributed by atoms with E-state index in [4.69, 9.17) is 9.84 Å². The predicted molar refractivity (Wildman–Crippen MR) is 66.4 cm³/mol. The number of urea groups is 1. The number of methoxy groups -OCH3 is 1. The molecule has 1 saturated heterocycles. The number of carbonyl (C=O) groups excluding carboxylic acids is 1. The largest absolute Gasteiger partial charge is 0.481 e. The molecule has 2 amide bonds. The molecular weight excluding hydrogens is 236 g/mol. The molecule has 1 atom stereocenters. The van der Waals surface area contributed by atoms with E-state index in [2.05, 4.69) is 5.32 Å². The number of carbonyl (C=O) groups is 2. The highest BCUT2D eigenvalue weighted by atomic mass is 16.5. The SMILES string of the molecule is COCC1CCN(C(=O)NCC(C)(C)C(=O)O)C1. The fraction of sp³-hybridized carbons (Fsp3) is 0.833. The number of hydrogen-bond donors (Lipinski definition) is 2. The fourth-order valence-corrected chi connectivity index (χ4v) is 1.87. The maximum absolute atomic E-state index is 11.8. The lowest BCUT2D eigenvalue weighted by molar-refractivity contribution is -0.146. The normalized spacial score (nSPS) is 19.9. The van der Waals surface area contributed by atoms with Gasteiger partial charge in [-0.3, -0.25) is 4.79 Å². The first-order chi connectivity index (χ1) is 8.36. The van der Waals surface area contributed by atoms with Crippen molar-refractivity contribution in [2.24, 2.45) is 11.3 Å². The van der Waals surface area contributed by atoms with E-state index in [9.17, 15) is 9.59 Å². The highest BCUT2D eigenvalue weighted by Crippen LogP contribution is 2.17. The first kappa shape index (κ1) is 14.8. The lowest BCUT2D eigenvalue weighted by Gasteiger charge is -2.23. The van der Waals surface area contributed by atoms with Crippen molar-refractivity contribution in [2.45, 2.75) is 20.3 Å². The Morgan fingerprint density at radius 3 is 2.72 bits per heavy atom. The summed E-state index contributed by atoms with van der Waals surface area (Å²) in [5, 5.41) is 11.6. The number of ether oxygens (including phenoxy) is 1. The van der Waals surface area contributed by atoms with Crippen LogP contribution in [0.1, 0.15) is 20.3 Å². The third-order valence-electron chi connectivity index (χ3n) is 3.24. The molecule has 0 aromatic carbocycles. The van der Waals surface area contributed by atoms with Crippen LogP contribution in [-0.4, -0.2) is 55.4 Å². The average Bonchev–Trinajstić information content (AvgIpc) is 2.75. The minimum atomic E-state index is -0.943. The molecule has 1 unspecified atom stereocenters. The van der Waals surface area contributed by atoms with Gasteiger partial charge in [-0.2, -0.15) is 0 Å². The molecule has 1 heterocycles. The van der Waals surface area contributed by atoms with Crippen LogP contribution in [-0.2, 0) is 9.53 Å². The first-order valence-corrected chi connectivity index (χ1v) is 6.12. The summed E-state index contributed by atoms with van der Waals surface area (Å²) in [6, 6.07) is -0.192. The number of nitrogens with zero attached hydrogens (tertiary/aromatic N) is 1.